The van der Waals surface area contributed by atoms with Crippen LogP contribution in [0.2, 0.25) is 0 Å². The second-order valence-electron chi connectivity index (χ2n) is 5.96. The summed E-state index contributed by atoms with van der Waals surface area (Å²) in [6.45, 7) is 5.89. The van der Waals surface area contributed by atoms with Gasteiger partial charge in [-0.1, -0.05) is 30.3 Å². The molecule has 0 amide bonds. The van der Waals surface area contributed by atoms with Crippen molar-refractivity contribution in [3.63, 3.8) is 0 Å². The van der Waals surface area contributed by atoms with Crippen molar-refractivity contribution in [3.05, 3.63) is 53.6 Å². The molecule has 2 rings (SSSR count). The van der Waals surface area contributed by atoms with Gasteiger partial charge in [0.2, 0.25) is 0 Å². The summed E-state index contributed by atoms with van der Waals surface area (Å²) in [5.74, 6) is -0.266. The summed E-state index contributed by atoms with van der Waals surface area (Å²) in [5.41, 5.74) is 0.827. The summed E-state index contributed by atoms with van der Waals surface area (Å²) < 4.78 is 7.23. The number of ether oxygens (including phenoxy) is 1. The predicted molar refractivity (Wildman–Crippen MR) is 84.2 cm³/mol. The maximum absolute atomic E-state index is 11.5. The van der Waals surface area contributed by atoms with Crippen LogP contribution in [0.4, 0.5) is 0 Å². The Morgan fingerprint density at radius 1 is 1.36 bits per heavy atom. The number of rotatable bonds is 6. The molecule has 118 valence electrons. The molecule has 1 N–H and O–H groups in total. The fourth-order valence-electron chi connectivity index (χ4n) is 2.45. The van der Waals surface area contributed by atoms with Crippen LogP contribution in [0.1, 0.15) is 48.7 Å². The topological polar surface area (TPSA) is 64.3 Å². The Morgan fingerprint density at radius 2 is 2.00 bits per heavy atom. The van der Waals surface area contributed by atoms with Crippen molar-refractivity contribution in [2.24, 2.45) is 0 Å². The molecule has 0 bridgehead atoms. The Hall–Kier alpha value is -2.14. The van der Waals surface area contributed by atoms with Crippen LogP contribution in [0.15, 0.2) is 36.5 Å². The Bertz CT molecular complexity index is 647. The number of methoxy groups -OCH3 is 1. The average molecular weight is 302 g/mol. The third kappa shape index (κ3) is 3.36. The van der Waals surface area contributed by atoms with E-state index in [0.29, 0.717) is 12.2 Å². The summed E-state index contributed by atoms with van der Waals surface area (Å²) in [6, 6.07) is 9.70. The number of benzene rings is 1. The van der Waals surface area contributed by atoms with Gasteiger partial charge in [-0.3, -0.25) is 0 Å². The predicted octanol–water partition coefficient (Wildman–Crippen LogP) is 3.16. The highest BCUT2D eigenvalue weighted by Gasteiger charge is 2.26. The number of carboxylic acids is 1. The van der Waals surface area contributed by atoms with E-state index in [-0.39, 0.29) is 11.7 Å². The minimum absolute atomic E-state index is 0.113. The van der Waals surface area contributed by atoms with Crippen molar-refractivity contribution in [3.8, 4) is 0 Å². The fraction of sp³-hybridized carbons (Fsp3) is 0.412. The van der Waals surface area contributed by atoms with Crippen LogP contribution in [-0.2, 0) is 11.2 Å². The van der Waals surface area contributed by atoms with E-state index < -0.39 is 11.6 Å². The van der Waals surface area contributed by atoms with Crippen LogP contribution in [0.25, 0.3) is 0 Å². The molecule has 0 spiro atoms. The monoisotopic (exact) mass is 302 g/mol. The summed E-state index contributed by atoms with van der Waals surface area (Å²) >= 11 is 0. The lowest BCUT2D eigenvalue weighted by molar-refractivity contribution is 0.0206. The smallest absolute Gasteiger partial charge is 0.354 e. The van der Waals surface area contributed by atoms with E-state index in [1.54, 1.807) is 11.7 Å². The molecule has 0 aliphatic carbocycles. The van der Waals surface area contributed by atoms with Crippen molar-refractivity contribution in [1.29, 1.82) is 0 Å². The molecule has 1 aromatic heterocycles. The van der Waals surface area contributed by atoms with E-state index in [1.165, 1.54) is 6.20 Å². The SMILES string of the molecule is COC(C)(C)Cc1ncc(C(=O)O)n1[C@H](C)c1ccccc1. The maximum atomic E-state index is 11.5. The number of imidazole rings is 1. The van der Waals surface area contributed by atoms with Crippen molar-refractivity contribution in [1.82, 2.24) is 9.55 Å². The number of carbonyl (C=O) groups is 1. The minimum Gasteiger partial charge on any atom is -0.477 e. The van der Waals surface area contributed by atoms with E-state index in [9.17, 15) is 9.90 Å². The molecule has 2 aromatic rings. The molecular weight excluding hydrogens is 280 g/mol. The lowest BCUT2D eigenvalue weighted by Crippen LogP contribution is -2.28. The minimum atomic E-state index is -0.975. The molecule has 0 fully saturated rings. The Balaban J connectivity index is 2.47. The van der Waals surface area contributed by atoms with Gasteiger partial charge in [0.15, 0.2) is 0 Å². The van der Waals surface area contributed by atoms with Crippen molar-refractivity contribution in [2.45, 2.75) is 38.8 Å². The number of aromatic carboxylic acids is 1. The highest BCUT2D eigenvalue weighted by molar-refractivity contribution is 5.85. The van der Waals surface area contributed by atoms with Gasteiger partial charge in [0, 0.05) is 13.5 Å². The zero-order chi connectivity index (χ0) is 16.3. The lowest BCUT2D eigenvalue weighted by atomic mass is 10.0. The highest BCUT2D eigenvalue weighted by Crippen LogP contribution is 2.25. The van der Waals surface area contributed by atoms with E-state index in [4.69, 9.17) is 4.74 Å². The first-order valence-corrected chi connectivity index (χ1v) is 7.25. The fourth-order valence-corrected chi connectivity index (χ4v) is 2.45. The van der Waals surface area contributed by atoms with Gasteiger partial charge in [0.05, 0.1) is 17.8 Å². The Kier molecular flexibility index (Phi) is 4.66. The van der Waals surface area contributed by atoms with E-state index in [2.05, 4.69) is 4.98 Å². The zero-order valence-corrected chi connectivity index (χ0v) is 13.4. The number of carboxylic acid groups (broad SMARTS) is 1. The first-order chi connectivity index (χ1) is 10.4. The first-order valence-electron chi connectivity index (χ1n) is 7.25. The third-order valence-corrected chi connectivity index (χ3v) is 3.90. The second-order valence-corrected chi connectivity index (χ2v) is 5.96. The Morgan fingerprint density at radius 3 is 2.55 bits per heavy atom. The molecule has 0 radical (unpaired) electrons. The lowest BCUT2D eigenvalue weighted by Gasteiger charge is -2.25. The molecule has 0 aliphatic heterocycles. The van der Waals surface area contributed by atoms with Crippen LogP contribution >= 0.6 is 0 Å². The average Bonchev–Trinajstić information content (AvgIpc) is 2.90. The normalized spacial score (nSPS) is 13.1. The largest absolute Gasteiger partial charge is 0.477 e. The molecule has 1 heterocycles. The third-order valence-electron chi connectivity index (χ3n) is 3.90. The van der Waals surface area contributed by atoms with E-state index in [1.807, 2.05) is 51.1 Å². The van der Waals surface area contributed by atoms with Crippen molar-refractivity contribution < 1.29 is 14.6 Å². The molecule has 0 unspecified atom stereocenters. The molecule has 22 heavy (non-hydrogen) atoms. The standard InChI is InChI=1S/C17H22N2O3/c1-12(13-8-6-5-7-9-13)19-14(16(20)21)11-18-15(19)10-17(2,3)22-4/h5-9,11-12H,10H2,1-4H3,(H,20,21)/t12-/m1/s1. The molecule has 0 saturated heterocycles. The molecule has 0 aliphatic rings. The number of hydrogen-bond acceptors (Lipinski definition) is 3. The molecular formula is C17H22N2O3. The summed E-state index contributed by atoms with van der Waals surface area (Å²) in [7, 11) is 1.64. The summed E-state index contributed by atoms with van der Waals surface area (Å²) in [4.78, 5) is 15.8. The van der Waals surface area contributed by atoms with Crippen LogP contribution in [-0.4, -0.2) is 33.3 Å². The van der Waals surface area contributed by atoms with E-state index >= 15 is 0 Å². The highest BCUT2D eigenvalue weighted by atomic mass is 16.5. The quantitative estimate of drug-likeness (QED) is 0.890. The second kappa shape index (κ2) is 6.32. The van der Waals surface area contributed by atoms with Crippen LogP contribution < -0.4 is 0 Å². The van der Waals surface area contributed by atoms with Gasteiger partial charge in [-0.2, -0.15) is 0 Å². The Labute approximate surface area is 130 Å². The number of hydrogen-bond donors (Lipinski definition) is 1. The molecule has 5 nitrogen and oxygen atoms in total. The van der Waals surface area contributed by atoms with Crippen molar-refractivity contribution in [2.75, 3.05) is 7.11 Å². The van der Waals surface area contributed by atoms with Crippen LogP contribution in [0.3, 0.4) is 0 Å². The molecule has 5 heteroatoms. The van der Waals surface area contributed by atoms with Gasteiger partial charge < -0.3 is 14.4 Å². The zero-order valence-electron chi connectivity index (χ0n) is 13.4. The van der Waals surface area contributed by atoms with Gasteiger partial charge in [-0.25, -0.2) is 9.78 Å². The van der Waals surface area contributed by atoms with Crippen LogP contribution in [0, 0.1) is 0 Å². The molecule has 1 aromatic carbocycles. The molecule has 0 saturated carbocycles. The first kappa shape index (κ1) is 16.2. The van der Waals surface area contributed by atoms with E-state index in [0.717, 1.165) is 5.56 Å². The van der Waals surface area contributed by atoms with Gasteiger partial charge in [0.1, 0.15) is 11.5 Å². The number of nitrogens with zero attached hydrogens (tertiary/aromatic N) is 2. The van der Waals surface area contributed by atoms with Gasteiger partial charge >= 0.3 is 5.97 Å². The van der Waals surface area contributed by atoms with Gasteiger partial charge in [0.25, 0.3) is 0 Å². The van der Waals surface area contributed by atoms with Crippen LogP contribution in [0.5, 0.6) is 0 Å². The maximum Gasteiger partial charge on any atom is 0.354 e. The number of aromatic nitrogens is 2. The summed E-state index contributed by atoms with van der Waals surface area (Å²) in [5, 5.41) is 9.44. The van der Waals surface area contributed by atoms with Gasteiger partial charge in [-0.15, -0.1) is 0 Å². The van der Waals surface area contributed by atoms with Gasteiger partial charge in [-0.05, 0) is 26.3 Å². The van der Waals surface area contributed by atoms with Crippen molar-refractivity contribution >= 4 is 5.97 Å². The molecule has 1 atom stereocenters. The summed E-state index contributed by atoms with van der Waals surface area (Å²) in [6.07, 6.45) is 1.96.